The summed E-state index contributed by atoms with van der Waals surface area (Å²) in [6.07, 6.45) is 0.362. The molecular weight excluding hydrogens is 244 g/mol. The van der Waals surface area contributed by atoms with Crippen LogP contribution in [0.2, 0.25) is 0 Å². The maximum Gasteiger partial charge on any atom is 0.237 e. The second kappa shape index (κ2) is 4.99. The van der Waals surface area contributed by atoms with Gasteiger partial charge in [-0.3, -0.25) is 14.9 Å². The van der Waals surface area contributed by atoms with Crippen molar-refractivity contribution in [2.24, 2.45) is 5.92 Å². The molecule has 1 amide bonds. The van der Waals surface area contributed by atoms with Crippen molar-refractivity contribution >= 4 is 11.6 Å². The van der Waals surface area contributed by atoms with Gasteiger partial charge in [-0.1, -0.05) is 18.2 Å². The Morgan fingerprint density at radius 1 is 1.42 bits per heavy atom. The van der Waals surface area contributed by atoms with Gasteiger partial charge in [0.15, 0.2) is 0 Å². The van der Waals surface area contributed by atoms with E-state index in [9.17, 15) is 14.9 Å². The van der Waals surface area contributed by atoms with Crippen LogP contribution in [-0.4, -0.2) is 22.9 Å². The summed E-state index contributed by atoms with van der Waals surface area (Å²) in [6.45, 7) is 5.79. The SMILES string of the molecule is Cc1ccccc1N(C(=O)C1CC1[N+](=O)[O-])C(C)C. The predicted molar refractivity (Wildman–Crippen MR) is 72.7 cm³/mol. The summed E-state index contributed by atoms with van der Waals surface area (Å²) in [5, 5.41) is 10.7. The molecular formula is C14H18N2O3. The number of amides is 1. The fourth-order valence-electron chi connectivity index (χ4n) is 2.34. The Hall–Kier alpha value is -1.91. The lowest BCUT2D eigenvalue weighted by atomic mass is 10.1. The average molecular weight is 262 g/mol. The van der Waals surface area contributed by atoms with Crippen LogP contribution in [0.3, 0.4) is 0 Å². The molecule has 2 rings (SSSR count). The predicted octanol–water partition coefficient (Wildman–Crippen LogP) is 2.40. The van der Waals surface area contributed by atoms with Crippen LogP contribution < -0.4 is 4.90 Å². The van der Waals surface area contributed by atoms with Crippen LogP contribution in [0.5, 0.6) is 0 Å². The molecule has 5 nitrogen and oxygen atoms in total. The lowest BCUT2D eigenvalue weighted by molar-refractivity contribution is -0.497. The van der Waals surface area contributed by atoms with Crippen molar-refractivity contribution in [2.45, 2.75) is 39.3 Å². The van der Waals surface area contributed by atoms with Crippen LogP contribution in [0.25, 0.3) is 0 Å². The van der Waals surface area contributed by atoms with Gasteiger partial charge in [-0.25, -0.2) is 0 Å². The summed E-state index contributed by atoms with van der Waals surface area (Å²) in [4.78, 5) is 24.5. The van der Waals surface area contributed by atoms with E-state index in [1.54, 1.807) is 4.90 Å². The van der Waals surface area contributed by atoms with Crippen LogP contribution in [0.15, 0.2) is 24.3 Å². The van der Waals surface area contributed by atoms with E-state index in [1.165, 1.54) is 0 Å². The number of nitrogens with zero attached hydrogens (tertiary/aromatic N) is 2. The van der Waals surface area contributed by atoms with E-state index in [0.29, 0.717) is 6.42 Å². The van der Waals surface area contributed by atoms with E-state index in [4.69, 9.17) is 0 Å². The minimum absolute atomic E-state index is 0.0124. The molecule has 0 aromatic heterocycles. The maximum atomic E-state index is 12.4. The Balaban J connectivity index is 2.25. The summed E-state index contributed by atoms with van der Waals surface area (Å²) >= 11 is 0. The third kappa shape index (κ3) is 2.59. The number of rotatable bonds is 4. The molecule has 0 bridgehead atoms. The Labute approximate surface area is 112 Å². The van der Waals surface area contributed by atoms with Crippen LogP contribution >= 0.6 is 0 Å². The first-order valence-corrected chi connectivity index (χ1v) is 6.45. The maximum absolute atomic E-state index is 12.4. The molecule has 5 heteroatoms. The first-order valence-electron chi connectivity index (χ1n) is 6.45. The minimum Gasteiger partial charge on any atom is -0.309 e. The van der Waals surface area contributed by atoms with Gasteiger partial charge in [-0.15, -0.1) is 0 Å². The lowest BCUT2D eigenvalue weighted by Crippen LogP contribution is -2.39. The quantitative estimate of drug-likeness (QED) is 0.618. The highest BCUT2D eigenvalue weighted by Gasteiger charge is 2.55. The van der Waals surface area contributed by atoms with E-state index in [0.717, 1.165) is 11.3 Å². The standard InChI is InChI=1S/C14H18N2O3/c1-9(2)15(12-7-5-4-6-10(12)3)14(17)11-8-13(11)16(18)19/h4-7,9,11,13H,8H2,1-3H3. The Morgan fingerprint density at radius 3 is 2.53 bits per heavy atom. The van der Waals surface area contributed by atoms with E-state index < -0.39 is 12.0 Å². The molecule has 0 aliphatic heterocycles. The van der Waals surface area contributed by atoms with Crippen molar-refractivity contribution in [3.05, 3.63) is 39.9 Å². The van der Waals surface area contributed by atoms with Crippen molar-refractivity contribution in [1.82, 2.24) is 0 Å². The van der Waals surface area contributed by atoms with Gasteiger partial charge < -0.3 is 4.90 Å². The average Bonchev–Trinajstić information content (AvgIpc) is 3.11. The molecule has 0 spiro atoms. The van der Waals surface area contributed by atoms with Gasteiger partial charge in [-0.2, -0.15) is 0 Å². The second-order valence-corrected chi connectivity index (χ2v) is 5.28. The highest BCUT2D eigenvalue weighted by molar-refractivity contribution is 5.98. The van der Waals surface area contributed by atoms with Gasteiger partial charge in [-0.05, 0) is 32.4 Å². The second-order valence-electron chi connectivity index (χ2n) is 5.28. The lowest BCUT2D eigenvalue weighted by Gasteiger charge is -2.28. The van der Waals surface area contributed by atoms with Crippen LogP contribution in [0, 0.1) is 23.0 Å². The molecule has 2 atom stereocenters. The summed E-state index contributed by atoms with van der Waals surface area (Å²) in [5.74, 6) is -0.594. The molecule has 1 aromatic carbocycles. The highest BCUT2D eigenvalue weighted by Crippen LogP contribution is 2.37. The molecule has 0 N–H and O–H groups in total. The van der Waals surface area contributed by atoms with E-state index in [1.807, 2.05) is 45.0 Å². The zero-order chi connectivity index (χ0) is 14.2. The number of aryl methyl sites for hydroxylation is 1. The summed E-state index contributed by atoms with van der Waals surface area (Å²) in [5.41, 5.74) is 1.85. The molecule has 2 unspecified atom stereocenters. The zero-order valence-corrected chi connectivity index (χ0v) is 11.4. The zero-order valence-electron chi connectivity index (χ0n) is 11.4. The molecule has 1 fully saturated rings. The third-order valence-electron chi connectivity index (χ3n) is 3.47. The normalized spacial score (nSPS) is 21.3. The van der Waals surface area contributed by atoms with Gasteiger partial charge in [0.2, 0.25) is 11.9 Å². The molecule has 1 aliphatic carbocycles. The Bertz CT molecular complexity index is 513. The van der Waals surface area contributed by atoms with Gasteiger partial charge in [0.25, 0.3) is 0 Å². The monoisotopic (exact) mass is 262 g/mol. The van der Waals surface area contributed by atoms with Crippen molar-refractivity contribution in [2.75, 3.05) is 4.90 Å². The van der Waals surface area contributed by atoms with E-state index >= 15 is 0 Å². The van der Waals surface area contributed by atoms with Crippen LogP contribution in [-0.2, 0) is 4.79 Å². The molecule has 1 aromatic rings. The molecule has 1 saturated carbocycles. The van der Waals surface area contributed by atoms with E-state index in [2.05, 4.69) is 0 Å². The van der Waals surface area contributed by atoms with Gasteiger partial charge >= 0.3 is 0 Å². The molecule has 0 heterocycles. The number of nitro groups is 1. The Morgan fingerprint density at radius 2 is 2.05 bits per heavy atom. The number of hydrogen-bond donors (Lipinski definition) is 0. The van der Waals surface area contributed by atoms with E-state index in [-0.39, 0.29) is 16.9 Å². The van der Waals surface area contributed by atoms with Gasteiger partial charge in [0.05, 0.1) is 0 Å². The fraction of sp³-hybridized carbons (Fsp3) is 0.500. The van der Waals surface area contributed by atoms with Crippen molar-refractivity contribution in [3.8, 4) is 0 Å². The number of hydrogen-bond acceptors (Lipinski definition) is 3. The number of benzene rings is 1. The Kier molecular flexibility index (Phi) is 3.55. The van der Waals surface area contributed by atoms with Gasteiger partial charge in [0, 0.05) is 23.1 Å². The fourth-order valence-corrected chi connectivity index (χ4v) is 2.34. The van der Waals surface area contributed by atoms with Crippen molar-refractivity contribution in [1.29, 1.82) is 0 Å². The summed E-state index contributed by atoms with van der Waals surface area (Å²) in [7, 11) is 0. The molecule has 0 saturated heterocycles. The first-order chi connectivity index (χ1) is 8.93. The smallest absolute Gasteiger partial charge is 0.237 e. The summed E-state index contributed by atoms with van der Waals surface area (Å²) in [6, 6.07) is 6.91. The topological polar surface area (TPSA) is 63.5 Å². The minimum atomic E-state index is -0.697. The third-order valence-corrected chi connectivity index (χ3v) is 3.47. The molecule has 0 radical (unpaired) electrons. The number of carbonyl (C=O) groups is 1. The largest absolute Gasteiger partial charge is 0.309 e. The first kappa shape index (κ1) is 13.5. The highest BCUT2D eigenvalue weighted by atomic mass is 16.6. The van der Waals surface area contributed by atoms with Crippen LogP contribution in [0.1, 0.15) is 25.8 Å². The van der Waals surface area contributed by atoms with Crippen LogP contribution in [0.4, 0.5) is 5.69 Å². The number of para-hydroxylation sites is 1. The molecule has 1 aliphatic rings. The number of carbonyl (C=O) groups excluding carboxylic acids is 1. The molecule has 19 heavy (non-hydrogen) atoms. The molecule has 102 valence electrons. The van der Waals surface area contributed by atoms with Gasteiger partial charge in [0.1, 0.15) is 5.92 Å². The number of anilines is 1. The van der Waals surface area contributed by atoms with Crippen molar-refractivity contribution in [3.63, 3.8) is 0 Å². The van der Waals surface area contributed by atoms with Crippen molar-refractivity contribution < 1.29 is 9.72 Å². The summed E-state index contributed by atoms with van der Waals surface area (Å²) < 4.78 is 0.